The van der Waals surface area contributed by atoms with E-state index in [-0.39, 0.29) is 0 Å². The van der Waals surface area contributed by atoms with Crippen LogP contribution in [0.3, 0.4) is 0 Å². The molecule has 2 aromatic rings. The van der Waals surface area contributed by atoms with Gasteiger partial charge in [0.25, 0.3) is 0 Å². The fraction of sp³-hybridized carbons (Fsp3) is 0.250. The smallest absolute Gasteiger partial charge is 0.0948 e. The van der Waals surface area contributed by atoms with Crippen LogP contribution in [-0.4, -0.2) is 9.55 Å². The molecule has 84 valence electrons. The van der Waals surface area contributed by atoms with Gasteiger partial charge in [0.2, 0.25) is 0 Å². The van der Waals surface area contributed by atoms with Crippen molar-refractivity contribution in [3.8, 4) is 0 Å². The van der Waals surface area contributed by atoms with Crippen LogP contribution in [0.2, 0.25) is 5.02 Å². The molecule has 0 saturated carbocycles. The zero-order valence-electron chi connectivity index (χ0n) is 9.15. The summed E-state index contributed by atoms with van der Waals surface area (Å²) >= 11 is 6.05. The van der Waals surface area contributed by atoms with Crippen molar-refractivity contribution in [3.05, 3.63) is 47.5 Å². The predicted molar refractivity (Wildman–Crippen MR) is 66.7 cm³/mol. The zero-order valence-corrected chi connectivity index (χ0v) is 9.91. The molecule has 0 amide bonds. The zero-order chi connectivity index (χ0) is 11.4. The number of anilines is 1. The second-order valence-electron chi connectivity index (χ2n) is 3.50. The summed E-state index contributed by atoms with van der Waals surface area (Å²) in [6.07, 6.45) is 3.71. The van der Waals surface area contributed by atoms with Crippen molar-refractivity contribution in [2.24, 2.45) is 0 Å². The van der Waals surface area contributed by atoms with Gasteiger partial charge in [-0.05, 0) is 19.1 Å². The van der Waals surface area contributed by atoms with Crippen molar-refractivity contribution in [1.82, 2.24) is 9.55 Å². The molecule has 16 heavy (non-hydrogen) atoms. The first-order chi connectivity index (χ1) is 7.81. The van der Waals surface area contributed by atoms with Crippen molar-refractivity contribution in [2.75, 3.05) is 5.32 Å². The van der Waals surface area contributed by atoms with E-state index in [0.29, 0.717) is 0 Å². The molecule has 0 aliphatic carbocycles. The lowest BCUT2D eigenvalue weighted by atomic mass is 10.3. The van der Waals surface area contributed by atoms with Crippen molar-refractivity contribution < 1.29 is 0 Å². The molecule has 0 fully saturated rings. The van der Waals surface area contributed by atoms with E-state index in [1.54, 1.807) is 0 Å². The quantitative estimate of drug-likeness (QED) is 0.882. The summed E-state index contributed by atoms with van der Waals surface area (Å²) in [5.41, 5.74) is 2.11. The Morgan fingerprint density at radius 1 is 1.38 bits per heavy atom. The van der Waals surface area contributed by atoms with Gasteiger partial charge in [-0.25, -0.2) is 4.98 Å². The highest BCUT2D eigenvalue weighted by Gasteiger charge is 2.01. The Labute approximate surface area is 100 Å². The Morgan fingerprint density at radius 2 is 2.19 bits per heavy atom. The molecule has 1 heterocycles. The van der Waals surface area contributed by atoms with Crippen LogP contribution in [0.25, 0.3) is 0 Å². The Balaban J connectivity index is 2.05. The van der Waals surface area contributed by atoms with E-state index in [9.17, 15) is 0 Å². The Morgan fingerprint density at radius 3 is 2.94 bits per heavy atom. The van der Waals surface area contributed by atoms with Crippen LogP contribution >= 0.6 is 11.6 Å². The number of hydrogen-bond acceptors (Lipinski definition) is 2. The standard InChI is InChI=1S/C12H14ClN3/c1-2-16-9-14-7-10(16)8-15-12-6-4-3-5-11(12)13/h3-7,9,15H,2,8H2,1H3. The highest BCUT2D eigenvalue weighted by atomic mass is 35.5. The fourth-order valence-electron chi connectivity index (χ4n) is 1.57. The minimum absolute atomic E-state index is 0.734. The van der Waals surface area contributed by atoms with Crippen molar-refractivity contribution in [2.45, 2.75) is 20.0 Å². The number of halogens is 1. The monoisotopic (exact) mass is 235 g/mol. The molecule has 0 radical (unpaired) electrons. The van der Waals surface area contributed by atoms with Crippen LogP contribution in [0.1, 0.15) is 12.6 Å². The molecule has 0 saturated heterocycles. The normalized spacial score (nSPS) is 10.4. The Kier molecular flexibility index (Phi) is 3.47. The molecule has 0 spiro atoms. The highest BCUT2D eigenvalue weighted by molar-refractivity contribution is 6.33. The number of nitrogens with one attached hydrogen (secondary N) is 1. The average molecular weight is 236 g/mol. The lowest BCUT2D eigenvalue weighted by Crippen LogP contribution is -2.06. The van der Waals surface area contributed by atoms with E-state index >= 15 is 0 Å². The number of imidazole rings is 1. The maximum absolute atomic E-state index is 6.05. The van der Waals surface area contributed by atoms with Crippen LogP contribution in [0, 0.1) is 0 Å². The molecule has 4 heteroatoms. The molecule has 2 rings (SSSR count). The summed E-state index contributed by atoms with van der Waals surface area (Å²) < 4.78 is 2.10. The second-order valence-corrected chi connectivity index (χ2v) is 3.91. The number of nitrogens with zero attached hydrogens (tertiary/aromatic N) is 2. The maximum Gasteiger partial charge on any atom is 0.0948 e. The van der Waals surface area contributed by atoms with Crippen LogP contribution in [0.5, 0.6) is 0 Å². The van der Waals surface area contributed by atoms with Gasteiger partial charge in [0.1, 0.15) is 0 Å². The largest absolute Gasteiger partial charge is 0.378 e. The molecule has 0 unspecified atom stereocenters. The van der Waals surface area contributed by atoms with E-state index in [1.807, 2.05) is 36.8 Å². The van der Waals surface area contributed by atoms with Gasteiger partial charge < -0.3 is 9.88 Å². The third-order valence-corrected chi connectivity index (χ3v) is 2.80. The highest BCUT2D eigenvalue weighted by Crippen LogP contribution is 2.20. The molecular weight excluding hydrogens is 222 g/mol. The average Bonchev–Trinajstić information content (AvgIpc) is 2.75. The third-order valence-electron chi connectivity index (χ3n) is 2.47. The summed E-state index contributed by atoms with van der Waals surface area (Å²) in [5.74, 6) is 0. The predicted octanol–water partition coefficient (Wildman–Crippen LogP) is 3.17. The van der Waals surface area contributed by atoms with Gasteiger partial charge in [-0.2, -0.15) is 0 Å². The lowest BCUT2D eigenvalue weighted by Gasteiger charge is -2.09. The summed E-state index contributed by atoms with van der Waals surface area (Å²) in [6.45, 7) is 3.76. The van der Waals surface area contributed by atoms with E-state index in [0.717, 1.165) is 29.5 Å². The van der Waals surface area contributed by atoms with Crippen LogP contribution in [0.15, 0.2) is 36.8 Å². The molecule has 0 aliphatic rings. The summed E-state index contributed by atoms with van der Waals surface area (Å²) in [5, 5.41) is 4.04. The summed E-state index contributed by atoms with van der Waals surface area (Å²) in [4.78, 5) is 4.12. The molecule has 3 nitrogen and oxygen atoms in total. The van der Waals surface area contributed by atoms with Gasteiger partial charge in [0, 0.05) is 12.7 Å². The van der Waals surface area contributed by atoms with Gasteiger partial charge in [0.05, 0.1) is 29.3 Å². The summed E-state index contributed by atoms with van der Waals surface area (Å²) in [7, 11) is 0. The summed E-state index contributed by atoms with van der Waals surface area (Å²) in [6, 6.07) is 7.73. The van der Waals surface area contributed by atoms with E-state index in [4.69, 9.17) is 11.6 Å². The maximum atomic E-state index is 6.05. The number of hydrogen-bond donors (Lipinski definition) is 1. The molecular formula is C12H14ClN3. The van der Waals surface area contributed by atoms with E-state index in [1.165, 1.54) is 0 Å². The van der Waals surface area contributed by atoms with Gasteiger partial charge >= 0.3 is 0 Å². The minimum Gasteiger partial charge on any atom is -0.378 e. The topological polar surface area (TPSA) is 29.9 Å². The van der Waals surface area contributed by atoms with E-state index < -0.39 is 0 Å². The molecule has 0 bridgehead atoms. The van der Waals surface area contributed by atoms with Crippen molar-refractivity contribution >= 4 is 17.3 Å². The number of rotatable bonds is 4. The van der Waals surface area contributed by atoms with E-state index in [2.05, 4.69) is 21.8 Å². The van der Waals surface area contributed by atoms with Gasteiger partial charge in [-0.3, -0.25) is 0 Å². The first-order valence-corrected chi connectivity index (χ1v) is 5.66. The number of aryl methyl sites for hydroxylation is 1. The molecule has 1 aromatic carbocycles. The van der Waals surface area contributed by atoms with Crippen LogP contribution in [-0.2, 0) is 13.1 Å². The Bertz CT molecular complexity index is 465. The minimum atomic E-state index is 0.734. The van der Waals surface area contributed by atoms with Crippen LogP contribution in [0.4, 0.5) is 5.69 Å². The first-order valence-electron chi connectivity index (χ1n) is 5.28. The fourth-order valence-corrected chi connectivity index (χ4v) is 1.77. The Hall–Kier alpha value is -1.48. The van der Waals surface area contributed by atoms with Gasteiger partial charge in [0.15, 0.2) is 0 Å². The molecule has 0 atom stereocenters. The molecule has 1 N–H and O–H groups in total. The number of para-hydroxylation sites is 1. The molecule has 0 aliphatic heterocycles. The molecule has 1 aromatic heterocycles. The SMILES string of the molecule is CCn1cncc1CNc1ccccc1Cl. The number of aromatic nitrogens is 2. The lowest BCUT2D eigenvalue weighted by molar-refractivity contribution is 0.719. The van der Waals surface area contributed by atoms with Gasteiger partial charge in [-0.15, -0.1) is 0 Å². The third kappa shape index (κ3) is 2.36. The van der Waals surface area contributed by atoms with Crippen molar-refractivity contribution in [1.29, 1.82) is 0 Å². The second kappa shape index (κ2) is 5.03. The van der Waals surface area contributed by atoms with Crippen LogP contribution < -0.4 is 5.32 Å². The number of benzene rings is 1. The first kappa shape index (κ1) is 11.0. The van der Waals surface area contributed by atoms with Gasteiger partial charge in [-0.1, -0.05) is 23.7 Å². The van der Waals surface area contributed by atoms with Crippen molar-refractivity contribution in [3.63, 3.8) is 0 Å².